The Hall–Kier alpha value is -1.72. The van der Waals surface area contributed by atoms with E-state index in [1.165, 1.54) is 5.56 Å². The van der Waals surface area contributed by atoms with E-state index < -0.39 is 0 Å². The summed E-state index contributed by atoms with van der Waals surface area (Å²) in [6.07, 6.45) is 3.57. The molecule has 2 aromatic rings. The van der Waals surface area contributed by atoms with Crippen molar-refractivity contribution >= 4 is 17.2 Å². The van der Waals surface area contributed by atoms with Gasteiger partial charge in [0.1, 0.15) is 0 Å². The predicted molar refractivity (Wildman–Crippen MR) is 94.3 cm³/mol. The Balaban J connectivity index is 1.48. The van der Waals surface area contributed by atoms with Gasteiger partial charge in [-0.1, -0.05) is 24.3 Å². The van der Waals surface area contributed by atoms with Crippen LogP contribution < -0.4 is 11.1 Å². The number of thiazole rings is 1. The Morgan fingerprint density at radius 2 is 2.13 bits per heavy atom. The quantitative estimate of drug-likeness (QED) is 0.886. The molecule has 1 saturated carbocycles. The number of rotatable bonds is 5. The van der Waals surface area contributed by atoms with Crippen molar-refractivity contribution < 1.29 is 4.79 Å². The molecule has 122 valence electrons. The highest BCUT2D eigenvalue weighted by atomic mass is 32.1. The number of carbonyl (C=O) groups excluding carboxylic acids is 1. The van der Waals surface area contributed by atoms with Gasteiger partial charge in [-0.15, -0.1) is 11.3 Å². The van der Waals surface area contributed by atoms with Crippen LogP contribution in [0.2, 0.25) is 0 Å². The van der Waals surface area contributed by atoms with Crippen LogP contribution in [-0.4, -0.2) is 23.5 Å². The molecule has 23 heavy (non-hydrogen) atoms. The topological polar surface area (TPSA) is 68.0 Å². The fraction of sp³-hybridized carbons (Fsp3) is 0.444. The van der Waals surface area contributed by atoms with E-state index in [1.54, 1.807) is 11.3 Å². The SMILES string of the molecule is Cc1nc(-c2ccc(CCNC(=O)C3CCC(N)C3)cc2)cs1. The minimum absolute atomic E-state index is 0.111. The first-order valence-electron chi connectivity index (χ1n) is 8.16. The molecule has 1 aliphatic carbocycles. The average Bonchev–Trinajstić information content (AvgIpc) is 3.16. The van der Waals surface area contributed by atoms with Crippen molar-refractivity contribution in [2.24, 2.45) is 11.7 Å². The Labute approximate surface area is 141 Å². The van der Waals surface area contributed by atoms with Crippen molar-refractivity contribution in [2.75, 3.05) is 6.54 Å². The fourth-order valence-corrected chi connectivity index (χ4v) is 3.69. The predicted octanol–water partition coefficient (Wildman–Crippen LogP) is 2.90. The molecule has 0 bridgehead atoms. The van der Waals surface area contributed by atoms with Crippen LogP contribution in [0.5, 0.6) is 0 Å². The third-order valence-corrected chi connectivity index (χ3v) is 5.20. The number of nitrogens with one attached hydrogen (secondary N) is 1. The minimum Gasteiger partial charge on any atom is -0.356 e. The number of hydrogen-bond acceptors (Lipinski definition) is 4. The molecule has 3 N–H and O–H groups in total. The van der Waals surface area contributed by atoms with Crippen LogP contribution in [0.15, 0.2) is 29.6 Å². The summed E-state index contributed by atoms with van der Waals surface area (Å²) in [5.74, 6) is 0.271. The Morgan fingerprint density at radius 3 is 2.74 bits per heavy atom. The van der Waals surface area contributed by atoms with Crippen LogP contribution in [0, 0.1) is 12.8 Å². The van der Waals surface area contributed by atoms with Gasteiger partial charge < -0.3 is 11.1 Å². The lowest BCUT2D eigenvalue weighted by Gasteiger charge is -2.10. The van der Waals surface area contributed by atoms with Gasteiger partial charge in [0.2, 0.25) is 5.91 Å². The highest BCUT2D eigenvalue weighted by Crippen LogP contribution is 2.24. The molecule has 1 aromatic carbocycles. The normalized spacial score (nSPS) is 20.6. The van der Waals surface area contributed by atoms with Crippen molar-refractivity contribution in [3.8, 4) is 11.3 Å². The largest absolute Gasteiger partial charge is 0.356 e. The highest BCUT2D eigenvalue weighted by Gasteiger charge is 2.27. The standard InChI is InChI=1S/C18H23N3OS/c1-12-21-17(11-23-12)14-4-2-13(3-5-14)8-9-20-18(22)15-6-7-16(19)10-15/h2-5,11,15-16H,6-10,19H2,1H3,(H,20,22). The number of carbonyl (C=O) groups is 1. The molecule has 1 amide bonds. The van der Waals surface area contributed by atoms with Crippen molar-refractivity contribution in [3.05, 3.63) is 40.2 Å². The maximum absolute atomic E-state index is 12.0. The van der Waals surface area contributed by atoms with Gasteiger partial charge in [0.25, 0.3) is 0 Å². The van der Waals surface area contributed by atoms with Crippen LogP contribution in [0.3, 0.4) is 0 Å². The number of benzene rings is 1. The Kier molecular flexibility index (Phi) is 5.08. The van der Waals surface area contributed by atoms with Crippen molar-refractivity contribution in [1.29, 1.82) is 0 Å². The van der Waals surface area contributed by atoms with Crippen molar-refractivity contribution in [3.63, 3.8) is 0 Å². The molecule has 2 unspecified atom stereocenters. The third kappa shape index (κ3) is 4.18. The molecule has 0 radical (unpaired) electrons. The van der Waals surface area contributed by atoms with Crippen molar-refractivity contribution in [1.82, 2.24) is 10.3 Å². The number of hydrogen-bond donors (Lipinski definition) is 2. The molecule has 0 aliphatic heterocycles. The number of amides is 1. The maximum Gasteiger partial charge on any atom is 0.223 e. The van der Waals surface area contributed by atoms with E-state index in [0.29, 0.717) is 6.54 Å². The smallest absolute Gasteiger partial charge is 0.223 e. The highest BCUT2D eigenvalue weighted by molar-refractivity contribution is 7.09. The summed E-state index contributed by atoms with van der Waals surface area (Å²) < 4.78 is 0. The van der Waals surface area contributed by atoms with Gasteiger partial charge in [0.05, 0.1) is 10.7 Å². The first-order chi connectivity index (χ1) is 11.1. The fourth-order valence-electron chi connectivity index (χ4n) is 3.07. The summed E-state index contributed by atoms with van der Waals surface area (Å²) in [5.41, 5.74) is 9.26. The summed E-state index contributed by atoms with van der Waals surface area (Å²) in [6.45, 7) is 2.70. The van der Waals surface area contributed by atoms with Gasteiger partial charge in [0, 0.05) is 29.4 Å². The van der Waals surface area contributed by atoms with Gasteiger partial charge in [-0.05, 0) is 38.2 Å². The lowest BCUT2D eigenvalue weighted by atomic mass is 10.1. The van der Waals surface area contributed by atoms with Crippen LogP contribution >= 0.6 is 11.3 Å². The summed E-state index contributed by atoms with van der Waals surface area (Å²) in [4.78, 5) is 16.5. The van der Waals surface area contributed by atoms with Crippen LogP contribution in [0.1, 0.15) is 29.8 Å². The van der Waals surface area contributed by atoms with Gasteiger partial charge in [-0.2, -0.15) is 0 Å². The second kappa shape index (κ2) is 7.23. The molecular formula is C18H23N3OS. The monoisotopic (exact) mass is 329 g/mol. The average molecular weight is 329 g/mol. The van der Waals surface area contributed by atoms with E-state index in [0.717, 1.165) is 41.9 Å². The van der Waals surface area contributed by atoms with E-state index in [4.69, 9.17) is 5.73 Å². The molecule has 3 rings (SSSR count). The lowest BCUT2D eigenvalue weighted by Crippen LogP contribution is -2.31. The molecular weight excluding hydrogens is 306 g/mol. The maximum atomic E-state index is 12.0. The second-order valence-corrected chi connectivity index (χ2v) is 7.32. The van der Waals surface area contributed by atoms with E-state index in [-0.39, 0.29) is 17.9 Å². The lowest BCUT2D eigenvalue weighted by molar-refractivity contribution is -0.124. The summed E-state index contributed by atoms with van der Waals surface area (Å²) in [7, 11) is 0. The zero-order valence-corrected chi connectivity index (χ0v) is 14.2. The first kappa shape index (κ1) is 16.1. The van der Waals surface area contributed by atoms with E-state index in [2.05, 4.69) is 39.9 Å². The van der Waals surface area contributed by atoms with Crippen LogP contribution in [-0.2, 0) is 11.2 Å². The zero-order valence-electron chi connectivity index (χ0n) is 13.4. The molecule has 1 aliphatic rings. The number of aromatic nitrogens is 1. The van der Waals surface area contributed by atoms with Gasteiger partial charge in [-0.3, -0.25) is 4.79 Å². The summed E-state index contributed by atoms with van der Waals surface area (Å²) in [6, 6.07) is 8.62. The van der Waals surface area contributed by atoms with E-state index >= 15 is 0 Å². The van der Waals surface area contributed by atoms with Crippen LogP contribution in [0.4, 0.5) is 0 Å². The molecule has 1 fully saturated rings. The van der Waals surface area contributed by atoms with E-state index in [1.807, 2.05) is 6.92 Å². The summed E-state index contributed by atoms with van der Waals surface area (Å²) in [5, 5.41) is 6.20. The summed E-state index contributed by atoms with van der Waals surface area (Å²) >= 11 is 1.67. The van der Waals surface area contributed by atoms with Gasteiger partial charge in [-0.25, -0.2) is 4.98 Å². The van der Waals surface area contributed by atoms with Gasteiger partial charge in [0.15, 0.2) is 0 Å². The first-order valence-corrected chi connectivity index (χ1v) is 9.04. The molecule has 0 saturated heterocycles. The number of aryl methyl sites for hydroxylation is 1. The van der Waals surface area contributed by atoms with E-state index in [9.17, 15) is 4.79 Å². The molecule has 1 heterocycles. The van der Waals surface area contributed by atoms with Crippen molar-refractivity contribution in [2.45, 2.75) is 38.6 Å². The molecule has 0 spiro atoms. The minimum atomic E-state index is 0.111. The zero-order chi connectivity index (χ0) is 16.2. The van der Waals surface area contributed by atoms with Gasteiger partial charge >= 0.3 is 0 Å². The molecule has 4 nitrogen and oxygen atoms in total. The van der Waals surface area contributed by atoms with Crippen LogP contribution in [0.25, 0.3) is 11.3 Å². The molecule has 5 heteroatoms. The second-order valence-electron chi connectivity index (χ2n) is 6.26. The molecule has 1 aromatic heterocycles. The number of nitrogens with two attached hydrogens (primary N) is 1. The number of nitrogens with zero attached hydrogens (tertiary/aromatic N) is 1. The molecule has 2 atom stereocenters. The Morgan fingerprint density at radius 1 is 1.35 bits per heavy atom. The third-order valence-electron chi connectivity index (χ3n) is 4.43. The Bertz CT molecular complexity index is 665.